The van der Waals surface area contributed by atoms with Crippen LogP contribution in [0.3, 0.4) is 0 Å². The van der Waals surface area contributed by atoms with Crippen LogP contribution in [-0.2, 0) is 0 Å². The smallest absolute Gasteiger partial charge is 0.0346 e. The van der Waals surface area contributed by atoms with Crippen molar-refractivity contribution >= 4 is 23.5 Å². The fourth-order valence-electron chi connectivity index (χ4n) is 2.07. The molecule has 5 heteroatoms. The average molecular weight is 391 g/mol. The van der Waals surface area contributed by atoms with Gasteiger partial charge in [-0.25, -0.2) is 0 Å². The van der Waals surface area contributed by atoms with Crippen LogP contribution in [-0.4, -0.2) is 33.7 Å². The number of allylic oxidation sites excluding steroid dienone is 2. The molecule has 0 aliphatic carbocycles. The second kappa shape index (κ2) is 15.1. The van der Waals surface area contributed by atoms with Crippen molar-refractivity contribution in [2.24, 2.45) is 4.99 Å². The zero-order valence-electron chi connectivity index (χ0n) is 16.6. The standard InChI is InChI=1S/C11H12N2.C10H8N2.C2H6S/c1-3-10(9-12-4-2)11-5-7-13-8-6-11;1-2-10(8-12-5-1)9-3-6-11-7-4-9;1-3-2/h3-9H,2H2,1H3;1-8H;1-2H3/b10-3+,12-9?;;. The van der Waals surface area contributed by atoms with Gasteiger partial charge in [-0.15, -0.1) is 0 Å². The van der Waals surface area contributed by atoms with E-state index in [0.29, 0.717) is 0 Å². The number of pyridine rings is 3. The van der Waals surface area contributed by atoms with Crippen LogP contribution in [0.25, 0.3) is 16.7 Å². The Bertz CT molecular complexity index is 795. The van der Waals surface area contributed by atoms with Crippen molar-refractivity contribution in [1.29, 1.82) is 0 Å². The number of nitrogens with zero attached hydrogens (tertiary/aromatic N) is 4. The third-order valence-electron chi connectivity index (χ3n) is 3.32. The molecule has 0 fully saturated rings. The maximum absolute atomic E-state index is 4.04. The van der Waals surface area contributed by atoms with Gasteiger partial charge in [0.15, 0.2) is 0 Å². The largest absolute Gasteiger partial charge is 0.265 e. The van der Waals surface area contributed by atoms with Crippen molar-refractivity contribution in [2.45, 2.75) is 6.92 Å². The molecule has 0 unspecified atom stereocenters. The molecule has 3 heterocycles. The molecule has 0 spiro atoms. The quantitative estimate of drug-likeness (QED) is 0.527. The molecule has 28 heavy (non-hydrogen) atoms. The lowest BCUT2D eigenvalue weighted by molar-refractivity contribution is 1.30. The number of hydrogen-bond acceptors (Lipinski definition) is 5. The van der Waals surface area contributed by atoms with Gasteiger partial charge >= 0.3 is 0 Å². The molecule has 0 aliphatic rings. The summed E-state index contributed by atoms with van der Waals surface area (Å²) < 4.78 is 0. The van der Waals surface area contributed by atoms with E-state index in [1.165, 1.54) is 6.20 Å². The molecule has 0 saturated heterocycles. The van der Waals surface area contributed by atoms with Crippen molar-refractivity contribution < 1.29 is 0 Å². The average Bonchev–Trinajstić information content (AvgIpc) is 2.77. The Hall–Kier alpha value is -3.05. The molecule has 3 aromatic rings. The number of aromatic nitrogens is 3. The van der Waals surface area contributed by atoms with Gasteiger partial charge in [-0.3, -0.25) is 19.9 Å². The highest BCUT2D eigenvalue weighted by Gasteiger charge is 1.94. The molecule has 0 N–H and O–H groups in total. The Kier molecular flexibility index (Phi) is 12.4. The van der Waals surface area contributed by atoms with Gasteiger partial charge in [0.25, 0.3) is 0 Å². The predicted molar refractivity (Wildman–Crippen MR) is 123 cm³/mol. The fraction of sp³-hybridized carbons (Fsp3) is 0.130. The molecule has 0 aliphatic heterocycles. The highest BCUT2D eigenvalue weighted by molar-refractivity contribution is 7.97. The van der Waals surface area contributed by atoms with Crippen LogP contribution in [0.4, 0.5) is 0 Å². The lowest BCUT2D eigenvalue weighted by Crippen LogP contribution is -1.85. The van der Waals surface area contributed by atoms with Gasteiger partial charge in [0, 0.05) is 55.2 Å². The van der Waals surface area contributed by atoms with Gasteiger partial charge < -0.3 is 0 Å². The van der Waals surface area contributed by atoms with Crippen molar-refractivity contribution in [3.05, 3.63) is 98.0 Å². The van der Waals surface area contributed by atoms with Gasteiger partial charge in [0.2, 0.25) is 0 Å². The van der Waals surface area contributed by atoms with Gasteiger partial charge in [-0.2, -0.15) is 11.8 Å². The summed E-state index contributed by atoms with van der Waals surface area (Å²) in [5.41, 5.74) is 4.46. The Balaban J connectivity index is 0.000000246. The maximum Gasteiger partial charge on any atom is 0.0346 e. The van der Waals surface area contributed by atoms with E-state index in [2.05, 4.69) is 26.5 Å². The minimum atomic E-state index is 1.07. The molecule has 3 rings (SSSR count). The molecule has 0 bridgehead atoms. The summed E-state index contributed by atoms with van der Waals surface area (Å²) in [6.07, 6.45) is 20.1. The first kappa shape index (κ1) is 23.0. The van der Waals surface area contributed by atoms with Crippen LogP contribution in [0.5, 0.6) is 0 Å². The van der Waals surface area contributed by atoms with E-state index in [1.807, 2.05) is 68.1 Å². The topological polar surface area (TPSA) is 51.0 Å². The lowest BCUT2D eigenvalue weighted by atomic mass is 10.1. The van der Waals surface area contributed by atoms with Crippen LogP contribution < -0.4 is 0 Å². The van der Waals surface area contributed by atoms with Crippen LogP contribution in [0.2, 0.25) is 0 Å². The van der Waals surface area contributed by atoms with Crippen molar-refractivity contribution in [3.63, 3.8) is 0 Å². The highest BCUT2D eigenvalue weighted by Crippen LogP contribution is 2.15. The van der Waals surface area contributed by atoms with E-state index < -0.39 is 0 Å². The summed E-state index contributed by atoms with van der Waals surface area (Å²) in [5, 5.41) is 0. The maximum atomic E-state index is 4.04. The van der Waals surface area contributed by atoms with E-state index in [1.54, 1.807) is 49.0 Å². The van der Waals surface area contributed by atoms with E-state index in [9.17, 15) is 0 Å². The van der Waals surface area contributed by atoms with Gasteiger partial charge in [-0.05, 0) is 66.5 Å². The molecule has 144 valence electrons. The van der Waals surface area contributed by atoms with Gasteiger partial charge in [-0.1, -0.05) is 18.7 Å². The Morgan fingerprint density at radius 2 is 1.50 bits per heavy atom. The minimum Gasteiger partial charge on any atom is -0.265 e. The third kappa shape index (κ3) is 9.05. The van der Waals surface area contributed by atoms with Crippen LogP contribution in [0, 0.1) is 0 Å². The molecule has 4 nitrogen and oxygen atoms in total. The molecule has 0 radical (unpaired) electrons. The highest BCUT2D eigenvalue weighted by atomic mass is 32.2. The summed E-state index contributed by atoms with van der Waals surface area (Å²) in [7, 11) is 0. The van der Waals surface area contributed by atoms with Crippen LogP contribution >= 0.6 is 11.8 Å². The molecule has 0 atom stereocenters. The number of aliphatic imine (C=N–C) groups is 1. The molecular formula is C23H26N4S. The summed E-state index contributed by atoms with van der Waals surface area (Å²) in [5.74, 6) is 0. The lowest BCUT2D eigenvalue weighted by Gasteiger charge is -1.98. The summed E-state index contributed by atoms with van der Waals surface area (Å²) >= 11 is 1.75. The second-order valence-electron chi connectivity index (χ2n) is 5.33. The SMILES string of the molecule is C=CN=C/C(=C\C)c1ccncc1.CSC.c1cncc(-c2ccncc2)c1. The van der Waals surface area contributed by atoms with E-state index in [0.717, 1.165) is 22.3 Å². The summed E-state index contributed by atoms with van der Waals surface area (Å²) in [6.45, 7) is 5.50. The first-order valence-electron chi connectivity index (χ1n) is 8.68. The first-order chi connectivity index (χ1) is 13.8. The molecule has 0 amide bonds. The third-order valence-corrected chi connectivity index (χ3v) is 3.32. The molecule has 0 aromatic carbocycles. The Morgan fingerprint density at radius 3 is 2.00 bits per heavy atom. The summed E-state index contributed by atoms with van der Waals surface area (Å²) in [4.78, 5) is 15.9. The number of rotatable bonds is 4. The van der Waals surface area contributed by atoms with E-state index in [4.69, 9.17) is 0 Å². The van der Waals surface area contributed by atoms with Crippen molar-refractivity contribution in [3.8, 4) is 11.1 Å². The van der Waals surface area contributed by atoms with E-state index in [-0.39, 0.29) is 0 Å². The molecule has 3 aromatic heterocycles. The van der Waals surface area contributed by atoms with Gasteiger partial charge in [0.05, 0.1) is 0 Å². The Morgan fingerprint density at radius 1 is 0.893 bits per heavy atom. The monoisotopic (exact) mass is 390 g/mol. The number of hydrogen-bond donors (Lipinski definition) is 0. The van der Waals surface area contributed by atoms with E-state index >= 15 is 0 Å². The van der Waals surface area contributed by atoms with Crippen LogP contribution in [0.1, 0.15) is 12.5 Å². The summed E-state index contributed by atoms with van der Waals surface area (Å²) in [6, 6.07) is 11.8. The minimum absolute atomic E-state index is 1.07. The zero-order valence-corrected chi connectivity index (χ0v) is 17.4. The second-order valence-corrected chi connectivity index (χ2v) is 6.14. The van der Waals surface area contributed by atoms with Crippen molar-refractivity contribution in [1.82, 2.24) is 15.0 Å². The normalized spacial score (nSPS) is 10.3. The van der Waals surface area contributed by atoms with Crippen molar-refractivity contribution in [2.75, 3.05) is 12.5 Å². The fourth-order valence-corrected chi connectivity index (χ4v) is 2.07. The molecule has 0 saturated carbocycles. The van der Waals surface area contributed by atoms with Gasteiger partial charge in [0.1, 0.15) is 0 Å². The number of thioether (sulfide) groups is 1. The predicted octanol–water partition coefficient (Wildman–Crippen LogP) is 5.82. The Labute approximate surface area is 172 Å². The molecular weight excluding hydrogens is 364 g/mol. The zero-order chi connectivity index (χ0) is 20.5. The first-order valence-corrected chi connectivity index (χ1v) is 10.3. The van der Waals surface area contributed by atoms with Crippen LogP contribution in [0.15, 0.2) is 97.4 Å².